The summed E-state index contributed by atoms with van der Waals surface area (Å²) in [5.74, 6) is 0.538. The number of carbonyl (C=O) groups is 2. The Morgan fingerprint density at radius 1 is 1.05 bits per heavy atom. The summed E-state index contributed by atoms with van der Waals surface area (Å²) in [6.07, 6.45) is 9.46. The van der Waals surface area contributed by atoms with E-state index in [2.05, 4.69) is 16.0 Å². The molecule has 0 aromatic heterocycles. The Bertz CT molecular complexity index is 334. The lowest BCUT2D eigenvalue weighted by molar-refractivity contribution is -0.123. The van der Waals surface area contributed by atoms with Crippen molar-refractivity contribution in [2.45, 2.75) is 70.4 Å². The summed E-state index contributed by atoms with van der Waals surface area (Å²) < 4.78 is 0. The third-order valence-corrected chi connectivity index (χ3v) is 4.47. The lowest BCUT2D eigenvalue weighted by atomic mass is 10.1. The topological polar surface area (TPSA) is 70.2 Å². The second-order valence-electron chi connectivity index (χ2n) is 6.22. The molecule has 0 radical (unpaired) electrons. The fourth-order valence-corrected chi connectivity index (χ4v) is 3.16. The van der Waals surface area contributed by atoms with Crippen molar-refractivity contribution in [2.75, 3.05) is 6.54 Å². The predicted octanol–water partition coefficient (Wildman–Crippen LogP) is 1.92. The van der Waals surface area contributed by atoms with E-state index in [-0.39, 0.29) is 11.9 Å². The maximum absolute atomic E-state index is 11.9. The van der Waals surface area contributed by atoms with Crippen molar-refractivity contribution in [3.63, 3.8) is 0 Å². The van der Waals surface area contributed by atoms with Crippen molar-refractivity contribution in [3.8, 4) is 0 Å². The van der Waals surface area contributed by atoms with Crippen molar-refractivity contribution in [1.29, 1.82) is 0 Å². The minimum Gasteiger partial charge on any atom is -0.352 e. The van der Waals surface area contributed by atoms with Crippen LogP contribution < -0.4 is 16.0 Å². The summed E-state index contributed by atoms with van der Waals surface area (Å²) in [6.45, 7) is 2.46. The van der Waals surface area contributed by atoms with Gasteiger partial charge in [0.25, 0.3) is 0 Å². The Labute approximate surface area is 121 Å². The van der Waals surface area contributed by atoms with Gasteiger partial charge in [0, 0.05) is 12.6 Å². The Morgan fingerprint density at radius 2 is 1.65 bits per heavy atom. The normalized spacial score (nSPS) is 21.6. The number of urea groups is 1. The highest BCUT2D eigenvalue weighted by Gasteiger charge is 2.22. The summed E-state index contributed by atoms with van der Waals surface area (Å²) in [5, 5.41) is 8.59. The van der Waals surface area contributed by atoms with Gasteiger partial charge in [-0.1, -0.05) is 25.7 Å². The largest absolute Gasteiger partial charge is 0.352 e. The van der Waals surface area contributed by atoms with Crippen LogP contribution in [-0.2, 0) is 4.79 Å². The molecule has 2 aliphatic carbocycles. The first-order chi connectivity index (χ1) is 9.65. The molecule has 0 aliphatic heterocycles. The third kappa shape index (κ3) is 4.69. The van der Waals surface area contributed by atoms with Crippen LogP contribution >= 0.6 is 0 Å². The summed E-state index contributed by atoms with van der Waals surface area (Å²) in [6, 6.07) is -0.404. The van der Waals surface area contributed by atoms with Crippen molar-refractivity contribution in [1.82, 2.24) is 16.0 Å². The number of hydrogen-bond donors (Lipinski definition) is 3. The van der Waals surface area contributed by atoms with Gasteiger partial charge in [-0.25, -0.2) is 4.79 Å². The molecule has 1 unspecified atom stereocenters. The number of rotatable bonds is 5. The standard InChI is InChI=1S/C15H27N3O2/c1-11(14(19)18-13-8-4-5-9-13)17-15(20)16-10-12-6-2-3-7-12/h11-13H,2-10H2,1H3,(H,18,19)(H2,16,17,20). The van der Waals surface area contributed by atoms with Gasteiger partial charge in [0.15, 0.2) is 0 Å². The summed E-state index contributed by atoms with van der Waals surface area (Å²) in [4.78, 5) is 23.7. The zero-order valence-corrected chi connectivity index (χ0v) is 12.4. The Balaban J connectivity index is 1.62. The molecule has 0 saturated heterocycles. The van der Waals surface area contributed by atoms with Crippen LogP contribution in [-0.4, -0.2) is 30.6 Å². The van der Waals surface area contributed by atoms with Crippen molar-refractivity contribution < 1.29 is 9.59 Å². The van der Waals surface area contributed by atoms with E-state index < -0.39 is 6.04 Å². The molecule has 2 saturated carbocycles. The first-order valence-corrected chi connectivity index (χ1v) is 8.00. The van der Waals surface area contributed by atoms with Crippen molar-refractivity contribution >= 4 is 11.9 Å². The molecule has 0 aromatic rings. The van der Waals surface area contributed by atoms with Crippen molar-refractivity contribution in [2.24, 2.45) is 5.92 Å². The van der Waals surface area contributed by atoms with Crippen LogP contribution in [0.25, 0.3) is 0 Å². The molecule has 3 amide bonds. The minimum atomic E-state index is -0.473. The lowest BCUT2D eigenvalue weighted by Gasteiger charge is -2.18. The average molecular weight is 281 g/mol. The second kappa shape index (κ2) is 7.50. The molecule has 20 heavy (non-hydrogen) atoms. The summed E-state index contributed by atoms with van der Waals surface area (Å²) in [5.41, 5.74) is 0. The Morgan fingerprint density at radius 3 is 2.30 bits per heavy atom. The van der Waals surface area contributed by atoms with E-state index in [4.69, 9.17) is 0 Å². The fraction of sp³-hybridized carbons (Fsp3) is 0.867. The van der Waals surface area contributed by atoms with E-state index >= 15 is 0 Å². The molecule has 3 N–H and O–H groups in total. The Hall–Kier alpha value is -1.26. The molecule has 2 rings (SSSR count). The molecule has 0 spiro atoms. The number of carbonyl (C=O) groups excluding carboxylic acids is 2. The van der Waals surface area contributed by atoms with E-state index in [0.717, 1.165) is 19.4 Å². The van der Waals surface area contributed by atoms with Crippen LogP contribution in [0.5, 0.6) is 0 Å². The van der Waals surface area contributed by atoms with E-state index in [9.17, 15) is 9.59 Å². The maximum atomic E-state index is 11.9. The molecule has 5 nitrogen and oxygen atoms in total. The van der Waals surface area contributed by atoms with E-state index in [1.807, 2.05) is 0 Å². The molecule has 0 heterocycles. The number of amides is 3. The van der Waals surface area contributed by atoms with Gasteiger partial charge in [-0.05, 0) is 38.5 Å². The van der Waals surface area contributed by atoms with Crippen LogP contribution in [0.15, 0.2) is 0 Å². The van der Waals surface area contributed by atoms with Gasteiger partial charge >= 0.3 is 6.03 Å². The molecular formula is C15H27N3O2. The maximum Gasteiger partial charge on any atom is 0.315 e. The molecule has 5 heteroatoms. The molecule has 0 aromatic carbocycles. The molecule has 114 valence electrons. The fourth-order valence-electron chi connectivity index (χ4n) is 3.16. The first kappa shape index (κ1) is 15.1. The second-order valence-corrected chi connectivity index (χ2v) is 6.22. The molecule has 0 bridgehead atoms. The van der Waals surface area contributed by atoms with E-state index in [1.54, 1.807) is 6.92 Å². The van der Waals surface area contributed by atoms with E-state index in [0.29, 0.717) is 12.0 Å². The van der Waals surface area contributed by atoms with Gasteiger partial charge in [-0.2, -0.15) is 0 Å². The number of hydrogen-bond acceptors (Lipinski definition) is 2. The molecular weight excluding hydrogens is 254 g/mol. The number of nitrogens with one attached hydrogen (secondary N) is 3. The van der Waals surface area contributed by atoms with Crippen LogP contribution in [0.1, 0.15) is 58.3 Å². The third-order valence-electron chi connectivity index (χ3n) is 4.47. The van der Waals surface area contributed by atoms with Crippen molar-refractivity contribution in [3.05, 3.63) is 0 Å². The quantitative estimate of drug-likeness (QED) is 0.720. The lowest BCUT2D eigenvalue weighted by Crippen LogP contribution is -2.50. The van der Waals surface area contributed by atoms with Gasteiger partial charge in [0.1, 0.15) is 6.04 Å². The van der Waals surface area contributed by atoms with Gasteiger partial charge < -0.3 is 16.0 Å². The highest BCUT2D eigenvalue weighted by Crippen LogP contribution is 2.23. The van der Waals surface area contributed by atoms with Gasteiger partial charge in [0.05, 0.1) is 0 Å². The molecule has 2 fully saturated rings. The van der Waals surface area contributed by atoms with Gasteiger partial charge in [-0.15, -0.1) is 0 Å². The van der Waals surface area contributed by atoms with Crippen LogP contribution in [0.4, 0.5) is 4.79 Å². The summed E-state index contributed by atoms with van der Waals surface area (Å²) >= 11 is 0. The first-order valence-electron chi connectivity index (χ1n) is 8.00. The Kier molecular flexibility index (Phi) is 5.68. The monoisotopic (exact) mass is 281 g/mol. The average Bonchev–Trinajstić information content (AvgIpc) is 3.09. The van der Waals surface area contributed by atoms with Crippen LogP contribution in [0.3, 0.4) is 0 Å². The molecule has 2 aliphatic rings. The zero-order chi connectivity index (χ0) is 14.4. The van der Waals surface area contributed by atoms with Crippen LogP contribution in [0.2, 0.25) is 0 Å². The zero-order valence-electron chi connectivity index (χ0n) is 12.4. The predicted molar refractivity (Wildman–Crippen MR) is 78.4 cm³/mol. The van der Waals surface area contributed by atoms with E-state index in [1.165, 1.54) is 38.5 Å². The van der Waals surface area contributed by atoms with Gasteiger partial charge in [-0.3, -0.25) is 4.79 Å². The molecule has 1 atom stereocenters. The highest BCUT2D eigenvalue weighted by atomic mass is 16.2. The smallest absolute Gasteiger partial charge is 0.315 e. The SMILES string of the molecule is CC(NC(=O)NCC1CCCC1)C(=O)NC1CCCC1. The van der Waals surface area contributed by atoms with Crippen LogP contribution in [0, 0.1) is 5.92 Å². The van der Waals surface area contributed by atoms with Gasteiger partial charge in [0.2, 0.25) is 5.91 Å². The minimum absolute atomic E-state index is 0.0760. The highest BCUT2D eigenvalue weighted by molar-refractivity contribution is 5.86. The summed E-state index contributed by atoms with van der Waals surface area (Å²) in [7, 11) is 0.